The Bertz CT molecular complexity index is 512. The number of anilines is 1. The van der Waals surface area contributed by atoms with Gasteiger partial charge in [-0.3, -0.25) is 5.21 Å². The number of para-hydroxylation sites is 1. The number of morpholine rings is 1. The molecule has 1 aliphatic rings. The molecule has 18 heavy (non-hydrogen) atoms. The van der Waals surface area contributed by atoms with E-state index in [9.17, 15) is 8.42 Å². The van der Waals surface area contributed by atoms with E-state index in [0.29, 0.717) is 32.0 Å². The molecule has 1 fully saturated rings. The maximum absolute atomic E-state index is 11.9. The summed E-state index contributed by atoms with van der Waals surface area (Å²) in [4.78, 5) is 1.87. The van der Waals surface area contributed by atoms with Gasteiger partial charge in [-0.2, -0.15) is 0 Å². The lowest BCUT2D eigenvalue weighted by Crippen LogP contribution is -2.39. The lowest BCUT2D eigenvalue weighted by atomic mass is 10.2. The van der Waals surface area contributed by atoms with Crippen LogP contribution in [0.4, 0.5) is 5.69 Å². The van der Waals surface area contributed by atoms with E-state index in [4.69, 9.17) is 15.8 Å². The molecule has 1 aromatic rings. The van der Waals surface area contributed by atoms with E-state index in [0.717, 1.165) is 0 Å². The predicted molar refractivity (Wildman–Crippen MR) is 64.5 cm³/mol. The Balaban J connectivity index is 2.42. The Hall–Kier alpha value is -1.19. The van der Waals surface area contributed by atoms with Gasteiger partial charge in [0.1, 0.15) is 4.90 Å². The lowest BCUT2D eigenvalue weighted by molar-refractivity contribution is 0.00247. The standard InChI is InChI=1S/C10H15N3O4S/c11-13(14)18(15,16)10-4-2-1-3-9(10)12-5-7-17-8-6-12/h1-4,14H,5-8,11H2. The topological polar surface area (TPSA) is 96.1 Å². The van der Waals surface area contributed by atoms with Gasteiger partial charge in [0.05, 0.1) is 18.9 Å². The van der Waals surface area contributed by atoms with Crippen LogP contribution in [0.1, 0.15) is 0 Å². The van der Waals surface area contributed by atoms with Crippen LogP contribution >= 0.6 is 0 Å². The Kier molecular flexibility index (Phi) is 3.83. The first-order chi connectivity index (χ1) is 8.53. The average molecular weight is 273 g/mol. The quantitative estimate of drug-likeness (QED) is 0.583. The van der Waals surface area contributed by atoms with Crippen molar-refractivity contribution in [2.45, 2.75) is 4.90 Å². The molecule has 1 aliphatic heterocycles. The number of hydrazine groups is 1. The molecule has 7 nitrogen and oxygen atoms in total. The molecule has 0 unspecified atom stereocenters. The molecule has 0 aliphatic carbocycles. The first-order valence-corrected chi connectivity index (χ1v) is 6.88. The number of benzene rings is 1. The van der Waals surface area contributed by atoms with Crippen molar-refractivity contribution >= 4 is 15.7 Å². The molecule has 2 rings (SSSR count). The van der Waals surface area contributed by atoms with E-state index in [1.807, 2.05) is 4.90 Å². The van der Waals surface area contributed by atoms with Gasteiger partial charge in [-0.25, -0.2) is 14.3 Å². The molecule has 0 radical (unpaired) electrons. The second-order valence-electron chi connectivity index (χ2n) is 3.84. The number of nitrogens with two attached hydrogens (primary N) is 1. The summed E-state index contributed by atoms with van der Waals surface area (Å²) >= 11 is 0. The summed E-state index contributed by atoms with van der Waals surface area (Å²) in [6.07, 6.45) is 0. The van der Waals surface area contributed by atoms with Crippen LogP contribution in [0.3, 0.4) is 0 Å². The van der Waals surface area contributed by atoms with Gasteiger partial charge in [0.2, 0.25) is 0 Å². The third-order valence-electron chi connectivity index (χ3n) is 2.74. The van der Waals surface area contributed by atoms with Gasteiger partial charge in [-0.05, 0) is 16.7 Å². The van der Waals surface area contributed by atoms with Crippen LogP contribution < -0.4 is 10.7 Å². The molecule has 1 heterocycles. The Labute approximate surface area is 105 Å². The molecule has 0 saturated carbocycles. The minimum Gasteiger partial charge on any atom is -0.378 e. The third kappa shape index (κ3) is 2.47. The maximum Gasteiger partial charge on any atom is 0.280 e. The van der Waals surface area contributed by atoms with Crippen LogP contribution in [0.5, 0.6) is 0 Å². The van der Waals surface area contributed by atoms with Gasteiger partial charge in [-0.1, -0.05) is 12.1 Å². The number of hydrogen-bond donors (Lipinski definition) is 2. The maximum atomic E-state index is 11.9. The second kappa shape index (κ2) is 5.21. The highest BCUT2D eigenvalue weighted by atomic mass is 32.2. The summed E-state index contributed by atoms with van der Waals surface area (Å²) in [5, 5.41) is 9.04. The van der Waals surface area contributed by atoms with Gasteiger partial charge in [0.15, 0.2) is 0 Å². The van der Waals surface area contributed by atoms with Crippen molar-refractivity contribution in [1.82, 2.24) is 4.58 Å². The molecule has 0 aromatic heterocycles. The second-order valence-corrected chi connectivity index (χ2v) is 5.61. The van der Waals surface area contributed by atoms with Crippen molar-refractivity contribution in [2.24, 2.45) is 5.84 Å². The highest BCUT2D eigenvalue weighted by Gasteiger charge is 2.26. The summed E-state index contributed by atoms with van der Waals surface area (Å²) in [6, 6.07) is 6.42. The van der Waals surface area contributed by atoms with Crippen LogP contribution in [0.25, 0.3) is 0 Å². The van der Waals surface area contributed by atoms with Crippen LogP contribution in [-0.4, -0.2) is 44.5 Å². The fourth-order valence-corrected chi connectivity index (χ4v) is 2.76. The van der Waals surface area contributed by atoms with E-state index in [-0.39, 0.29) is 9.47 Å². The monoisotopic (exact) mass is 273 g/mol. The van der Waals surface area contributed by atoms with E-state index >= 15 is 0 Å². The zero-order chi connectivity index (χ0) is 13.2. The van der Waals surface area contributed by atoms with Crippen LogP contribution in [0.2, 0.25) is 0 Å². The fraction of sp³-hybridized carbons (Fsp3) is 0.400. The van der Waals surface area contributed by atoms with Gasteiger partial charge < -0.3 is 9.64 Å². The number of sulfonamides is 1. The van der Waals surface area contributed by atoms with E-state index in [1.165, 1.54) is 6.07 Å². The molecule has 1 aromatic carbocycles. The van der Waals surface area contributed by atoms with Crippen molar-refractivity contribution in [3.63, 3.8) is 0 Å². The van der Waals surface area contributed by atoms with Crippen molar-refractivity contribution in [1.29, 1.82) is 0 Å². The Morgan fingerprint density at radius 2 is 1.89 bits per heavy atom. The first kappa shape index (κ1) is 13.2. The number of nitrogens with zero attached hydrogens (tertiary/aromatic N) is 2. The minimum absolute atomic E-state index is 0.0168. The molecular weight excluding hydrogens is 258 g/mol. The summed E-state index contributed by atoms with van der Waals surface area (Å²) in [5.74, 6) is 4.96. The van der Waals surface area contributed by atoms with Crippen molar-refractivity contribution < 1.29 is 18.4 Å². The first-order valence-electron chi connectivity index (χ1n) is 5.44. The van der Waals surface area contributed by atoms with Crippen LogP contribution in [0.15, 0.2) is 29.2 Å². The fourth-order valence-electron chi connectivity index (χ4n) is 1.84. The molecule has 1 saturated heterocycles. The molecule has 0 bridgehead atoms. The summed E-state index contributed by atoms with van der Waals surface area (Å²) < 4.78 is 28.7. The van der Waals surface area contributed by atoms with Crippen molar-refractivity contribution in [3.05, 3.63) is 24.3 Å². The summed E-state index contributed by atoms with van der Waals surface area (Å²) in [5.41, 5.74) is 0.519. The smallest absolute Gasteiger partial charge is 0.280 e. The van der Waals surface area contributed by atoms with E-state index in [1.54, 1.807) is 18.2 Å². The molecule has 0 spiro atoms. The zero-order valence-corrected chi connectivity index (χ0v) is 10.5. The van der Waals surface area contributed by atoms with Crippen molar-refractivity contribution in [3.8, 4) is 0 Å². The summed E-state index contributed by atoms with van der Waals surface area (Å²) in [6.45, 7) is 2.28. The number of ether oxygens (including phenoxy) is 1. The van der Waals surface area contributed by atoms with Gasteiger partial charge in [0, 0.05) is 13.1 Å². The molecule has 8 heteroatoms. The predicted octanol–water partition coefficient (Wildman–Crippen LogP) is -0.223. The molecule has 0 amide bonds. The van der Waals surface area contributed by atoms with E-state index in [2.05, 4.69) is 0 Å². The van der Waals surface area contributed by atoms with Gasteiger partial charge >= 0.3 is 0 Å². The van der Waals surface area contributed by atoms with Crippen LogP contribution in [-0.2, 0) is 14.8 Å². The Morgan fingerprint density at radius 3 is 2.50 bits per heavy atom. The Morgan fingerprint density at radius 1 is 1.28 bits per heavy atom. The average Bonchev–Trinajstić information content (AvgIpc) is 2.39. The van der Waals surface area contributed by atoms with Crippen molar-refractivity contribution in [2.75, 3.05) is 31.2 Å². The normalized spacial score (nSPS) is 17.2. The number of hydrogen-bond acceptors (Lipinski definition) is 6. The SMILES string of the molecule is NN(O)S(=O)(=O)c1ccccc1N1CCOCC1. The highest BCUT2D eigenvalue weighted by molar-refractivity contribution is 7.89. The molecule has 0 atom stereocenters. The highest BCUT2D eigenvalue weighted by Crippen LogP contribution is 2.26. The zero-order valence-electron chi connectivity index (χ0n) is 9.69. The van der Waals surface area contributed by atoms with Gasteiger partial charge in [-0.15, -0.1) is 0 Å². The lowest BCUT2D eigenvalue weighted by Gasteiger charge is -2.30. The number of rotatable bonds is 3. The molecule has 100 valence electrons. The van der Waals surface area contributed by atoms with Gasteiger partial charge in [0.25, 0.3) is 10.0 Å². The summed E-state index contributed by atoms with van der Waals surface area (Å²) in [7, 11) is -4.07. The molecular formula is C10H15N3O4S. The van der Waals surface area contributed by atoms with E-state index < -0.39 is 10.0 Å². The third-order valence-corrected chi connectivity index (χ3v) is 4.13. The molecule has 3 N–H and O–H groups in total. The minimum atomic E-state index is -4.07. The van der Waals surface area contributed by atoms with Crippen LogP contribution in [0, 0.1) is 0 Å². The largest absolute Gasteiger partial charge is 0.378 e.